The number of rotatable bonds is 2. The number of halogens is 4. The lowest BCUT2D eigenvalue weighted by molar-refractivity contribution is -0.138. The molecule has 11 heteroatoms. The number of carbonyl (C=O) groups excluding carboxylic acids is 2. The van der Waals surface area contributed by atoms with Gasteiger partial charge in [-0.2, -0.15) is 0 Å². The molecule has 0 bridgehead atoms. The minimum Gasteiger partial charge on any atom is -0.341 e. The second-order valence-electron chi connectivity index (χ2n) is 9.74. The summed E-state index contributed by atoms with van der Waals surface area (Å²) in [5, 5.41) is 2.79. The molecule has 0 aromatic rings. The fourth-order valence-corrected chi connectivity index (χ4v) is 6.47. The van der Waals surface area contributed by atoms with E-state index in [1.807, 2.05) is 0 Å². The van der Waals surface area contributed by atoms with Gasteiger partial charge in [-0.1, -0.05) is 0 Å². The van der Waals surface area contributed by atoms with Gasteiger partial charge >= 0.3 is 0 Å². The monoisotopic (exact) mass is 463 g/mol. The smallest absolute Gasteiger partial charge is 0.267 e. The molecule has 0 spiro atoms. The Labute approximate surface area is 184 Å². The Morgan fingerprint density at radius 1 is 0.968 bits per heavy atom. The number of nitrogens with zero attached hydrogens (tertiary/aromatic N) is 2. The van der Waals surface area contributed by atoms with Crippen LogP contribution in [0, 0.1) is 11.8 Å². The highest BCUT2D eigenvalue weighted by Gasteiger charge is 2.51. The van der Waals surface area contributed by atoms with Gasteiger partial charge in [0.2, 0.25) is 11.8 Å². The lowest BCUT2D eigenvalue weighted by Gasteiger charge is -2.37. The third-order valence-electron chi connectivity index (χ3n) is 7.82. The average molecular weight is 464 g/mol. The van der Waals surface area contributed by atoms with Crippen molar-refractivity contribution in [2.45, 2.75) is 73.7 Å². The molecule has 5 aliphatic rings. The standard InChI is InChI=1S/C20H29ClF3N5O2/c21-16-10-7-15(25-13(10)2-1-12(16)22)18(30)28-5-3-14-11(8-28)17(27-26-14)19(31)29-6-4-20(23,24)9-29/h10-17,25-27H,1-9H2. The van der Waals surface area contributed by atoms with Crippen molar-refractivity contribution in [2.24, 2.45) is 11.8 Å². The summed E-state index contributed by atoms with van der Waals surface area (Å²) in [6.45, 7) is 0.441. The first-order valence-electron chi connectivity index (χ1n) is 11.2. The second-order valence-corrected chi connectivity index (χ2v) is 10.2. The van der Waals surface area contributed by atoms with Crippen LogP contribution in [0.15, 0.2) is 0 Å². The third kappa shape index (κ3) is 3.94. The Morgan fingerprint density at radius 3 is 2.52 bits per heavy atom. The molecule has 174 valence electrons. The number of carbonyl (C=O) groups is 2. The van der Waals surface area contributed by atoms with Crippen molar-refractivity contribution in [1.82, 2.24) is 26.0 Å². The lowest BCUT2D eigenvalue weighted by Crippen LogP contribution is -2.55. The van der Waals surface area contributed by atoms with E-state index >= 15 is 0 Å². The fourth-order valence-electron chi connectivity index (χ4n) is 6.06. The van der Waals surface area contributed by atoms with E-state index in [1.54, 1.807) is 4.90 Å². The molecule has 7 nitrogen and oxygen atoms in total. The van der Waals surface area contributed by atoms with E-state index in [9.17, 15) is 22.8 Å². The summed E-state index contributed by atoms with van der Waals surface area (Å²) in [6, 6.07) is -0.957. The third-order valence-corrected chi connectivity index (χ3v) is 8.41. The molecule has 4 saturated heterocycles. The molecule has 5 fully saturated rings. The topological polar surface area (TPSA) is 76.7 Å². The second kappa shape index (κ2) is 8.04. The van der Waals surface area contributed by atoms with Crippen LogP contribution in [0.4, 0.5) is 13.2 Å². The molecule has 31 heavy (non-hydrogen) atoms. The van der Waals surface area contributed by atoms with Crippen LogP contribution in [0.3, 0.4) is 0 Å². The van der Waals surface area contributed by atoms with E-state index < -0.39 is 36.1 Å². The summed E-state index contributed by atoms with van der Waals surface area (Å²) in [5.41, 5.74) is 6.10. The first-order valence-corrected chi connectivity index (χ1v) is 11.7. The summed E-state index contributed by atoms with van der Waals surface area (Å²) < 4.78 is 41.1. The molecule has 0 aromatic heterocycles. The van der Waals surface area contributed by atoms with Gasteiger partial charge in [0.05, 0.1) is 18.0 Å². The molecule has 8 atom stereocenters. The molecule has 4 aliphatic heterocycles. The highest BCUT2D eigenvalue weighted by atomic mass is 35.5. The van der Waals surface area contributed by atoms with Gasteiger partial charge in [-0.05, 0) is 31.6 Å². The summed E-state index contributed by atoms with van der Waals surface area (Å²) in [7, 11) is 0. The summed E-state index contributed by atoms with van der Waals surface area (Å²) in [4.78, 5) is 29.1. The molecule has 3 N–H and O–H groups in total. The van der Waals surface area contributed by atoms with Gasteiger partial charge in [-0.15, -0.1) is 11.6 Å². The highest BCUT2D eigenvalue weighted by Crippen LogP contribution is 2.39. The van der Waals surface area contributed by atoms with Gasteiger partial charge in [-0.3, -0.25) is 15.0 Å². The SMILES string of the molecule is O=C(C1CC2C(CCC(F)C2Cl)N1)N1CCC2NNC(C(=O)N3CCC(F)(F)C3)C2C1. The molecule has 8 unspecified atom stereocenters. The molecule has 0 aromatic carbocycles. The maximum absolute atomic E-state index is 14.0. The summed E-state index contributed by atoms with van der Waals surface area (Å²) in [6.07, 6.45) is 0.934. The van der Waals surface area contributed by atoms with Crippen molar-refractivity contribution in [3.63, 3.8) is 0 Å². The van der Waals surface area contributed by atoms with Crippen LogP contribution in [-0.2, 0) is 9.59 Å². The van der Waals surface area contributed by atoms with Crippen LogP contribution in [0.5, 0.6) is 0 Å². The van der Waals surface area contributed by atoms with Crippen molar-refractivity contribution in [3.8, 4) is 0 Å². The Hall–Kier alpha value is -1.10. The molecule has 0 radical (unpaired) electrons. The summed E-state index contributed by atoms with van der Waals surface area (Å²) >= 11 is 6.28. The van der Waals surface area contributed by atoms with Gasteiger partial charge < -0.3 is 15.1 Å². The van der Waals surface area contributed by atoms with Crippen molar-refractivity contribution in [2.75, 3.05) is 26.2 Å². The Bertz CT molecular complexity index is 746. The summed E-state index contributed by atoms with van der Waals surface area (Å²) in [5.74, 6) is -3.45. The van der Waals surface area contributed by atoms with Gasteiger partial charge in [0, 0.05) is 44.1 Å². The number of hydrazine groups is 1. The van der Waals surface area contributed by atoms with Crippen LogP contribution in [0.1, 0.15) is 32.1 Å². The maximum Gasteiger partial charge on any atom is 0.267 e. The van der Waals surface area contributed by atoms with Gasteiger partial charge in [0.1, 0.15) is 12.2 Å². The molecular formula is C20H29ClF3N5O2. The lowest BCUT2D eigenvalue weighted by atomic mass is 9.83. The Kier molecular flexibility index (Phi) is 5.64. The average Bonchev–Trinajstić information content (AvgIpc) is 3.45. The first kappa shape index (κ1) is 21.7. The van der Waals surface area contributed by atoms with E-state index in [2.05, 4.69) is 16.2 Å². The van der Waals surface area contributed by atoms with Crippen molar-refractivity contribution in [1.29, 1.82) is 0 Å². The number of fused-ring (bicyclic) bond motifs is 2. The predicted octanol–water partition coefficient (Wildman–Crippen LogP) is 0.634. The molecule has 4 heterocycles. The number of nitrogens with one attached hydrogen (secondary N) is 3. The van der Waals surface area contributed by atoms with E-state index in [0.717, 1.165) is 0 Å². The number of hydrogen-bond donors (Lipinski definition) is 3. The molecular weight excluding hydrogens is 435 g/mol. The number of likely N-dealkylation sites (tertiary alicyclic amines) is 2. The van der Waals surface area contributed by atoms with E-state index in [4.69, 9.17) is 11.6 Å². The van der Waals surface area contributed by atoms with E-state index in [1.165, 1.54) is 4.90 Å². The molecule has 1 saturated carbocycles. The van der Waals surface area contributed by atoms with Gasteiger partial charge in [0.25, 0.3) is 5.92 Å². The Balaban J connectivity index is 1.22. The van der Waals surface area contributed by atoms with Crippen molar-refractivity contribution in [3.05, 3.63) is 0 Å². The minimum atomic E-state index is -2.83. The largest absolute Gasteiger partial charge is 0.341 e. The van der Waals surface area contributed by atoms with Crippen LogP contribution >= 0.6 is 11.6 Å². The predicted molar refractivity (Wildman–Crippen MR) is 107 cm³/mol. The molecule has 1 aliphatic carbocycles. The highest BCUT2D eigenvalue weighted by molar-refractivity contribution is 6.21. The quantitative estimate of drug-likeness (QED) is 0.524. The maximum atomic E-state index is 14.0. The molecule has 5 rings (SSSR count). The zero-order valence-electron chi connectivity index (χ0n) is 17.2. The number of amides is 2. The Morgan fingerprint density at radius 2 is 1.77 bits per heavy atom. The van der Waals surface area contributed by atoms with Crippen molar-refractivity contribution < 1.29 is 22.8 Å². The minimum absolute atomic E-state index is 0.0137. The zero-order valence-corrected chi connectivity index (χ0v) is 18.0. The van der Waals surface area contributed by atoms with Gasteiger partial charge in [0.15, 0.2) is 0 Å². The van der Waals surface area contributed by atoms with E-state index in [0.29, 0.717) is 38.8 Å². The fraction of sp³-hybridized carbons (Fsp3) is 0.900. The number of hydrogen-bond acceptors (Lipinski definition) is 5. The normalized spacial score (nSPS) is 44.3. The van der Waals surface area contributed by atoms with Crippen molar-refractivity contribution >= 4 is 23.4 Å². The van der Waals surface area contributed by atoms with E-state index in [-0.39, 0.29) is 48.7 Å². The van der Waals surface area contributed by atoms with Crippen LogP contribution in [0.2, 0.25) is 0 Å². The van der Waals surface area contributed by atoms with Gasteiger partial charge in [-0.25, -0.2) is 18.6 Å². The van der Waals surface area contributed by atoms with Crippen LogP contribution < -0.4 is 16.2 Å². The zero-order chi connectivity index (χ0) is 21.9. The molecule has 2 amide bonds. The van der Waals surface area contributed by atoms with Crippen LogP contribution in [-0.4, -0.2) is 89.4 Å². The first-order chi connectivity index (χ1) is 14.7. The van der Waals surface area contributed by atoms with Crippen LogP contribution in [0.25, 0.3) is 0 Å². The number of alkyl halides is 4. The number of piperidine rings is 1.